The van der Waals surface area contributed by atoms with Crippen molar-refractivity contribution in [2.24, 2.45) is 5.92 Å². The van der Waals surface area contributed by atoms with Crippen LogP contribution in [0.4, 0.5) is 4.39 Å². The molecule has 0 saturated heterocycles. The summed E-state index contributed by atoms with van der Waals surface area (Å²) in [6, 6.07) is 4.67. The topological polar surface area (TPSA) is 46.5 Å². The summed E-state index contributed by atoms with van der Waals surface area (Å²) in [7, 11) is 0. The van der Waals surface area contributed by atoms with Gasteiger partial charge in [-0.1, -0.05) is 19.9 Å². The third kappa shape index (κ3) is 3.72. The minimum atomic E-state index is -0.872. The molecule has 0 aliphatic heterocycles. The van der Waals surface area contributed by atoms with Crippen LogP contribution in [0, 0.1) is 11.7 Å². The summed E-state index contributed by atoms with van der Waals surface area (Å²) in [5, 5.41) is 8.88. The van der Waals surface area contributed by atoms with Gasteiger partial charge in [0.25, 0.3) is 0 Å². The molecule has 0 saturated carbocycles. The molecule has 0 aromatic heterocycles. The van der Waals surface area contributed by atoms with Gasteiger partial charge >= 0.3 is 5.97 Å². The molecular formula is C14H19FO3. The van der Waals surface area contributed by atoms with Crippen molar-refractivity contribution in [1.82, 2.24) is 0 Å². The number of benzene rings is 1. The van der Waals surface area contributed by atoms with Crippen molar-refractivity contribution < 1.29 is 19.0 Å². The molecule has 0 aliphatic carbocycles. The molecule has 1 aromatic rings. The quantitative estimate of drug-likeness (QED) is 0.845. The van der Waals surface area contributed by atoms with Crippen molar-refractivity contribution in [2.75, 3.05) is 6.61 Å². The van der Waals surface area contributed by atoms with E-state index in [1.165, 1.54) is 6.07 Å². The fraction of sp³-hybridized carbons (Fsp3) is 0.500. The van der Waals surface area contributed by atoms with Gasteiger partial charge in [-0.2, -0.15) is 0 Å². The highest BCUT2D eigenvalue weighted by Crippen LogP contribution is 2.30. The van der Waals surface area contributed by atoms with Crippen LogP contribution in [0.25, 0.3) is 0 Å². The fourth-order valence-electron chi connectivity index (χ4n) is 1.95. The van der Waals surface area contributed by atoms with E-state index in [1.54, 1.807) is 19.1 Å². The van der Waals surface area contributed by atoms with Gasteiger partial charge in [-0.05, 0) is 36.5 Å². The summed E-state index contributed by atoms with van der Waals surface area (Å²) < 4.78 is 18.8. The molecule has 0 bridgehead atoms. The zero-order valence-corrected chi connectivity index (χ0v) is 10.9. The largest absolute Gasteiger partial charge is 0.491 e. The summed E-state index contributed by atoms with van der Waals surface area (Å²) in [5.41, 5.74) is 0.702. The lowest BCUT2D eigenvalue weighted by Crippen LogP contribution is -2.12. The third-order valence-corrected chi connectivity index (χ3v) is 2.88. The summed E-state index contributed by atoms with van der Waals surface area (Å²) in [4.78, 5) is 10.8. The Balaban J connectivity index is 2.99. The third-order valence-electron chi connectivity index (χ3n) is 2.88. The Hall–Kier alpha value is -1.58. The molecule has 0 aliphatic rings. The van der Waals surface area contributed by atoms with Crippen LogP contribution < -0.4 is 4.74 Å². The van der Waals surface area contributed by atoms with Gasteiger partial charge in [0, 0.05) is 0 Å². The maximum Gasteiger partial charge on any atom is 0.303 e. The second-order valence-electron chi connectivity index (χ2n) is 4.57. The van der Waals surface area contributed by atoms with Gasteiger partial charge in [0.05, 0.1) is 13.0 Å². The number of aliphatic carboxylic acids is 1. The highest BCUT2D eigenvalue weighted by atomic mass is 19.1. The van der Waals surface area contributed by atoms with Crippen LogP contribution >= 0.6 is 0 Å². The van der Waals surface area contributed by atoms with Crippen LogP contribution in [0.1, 0.15) is 38.7 Å². The van der Waals surface area contributed by atoms with Crippen LogP contribution in [0.15, 0.2) is 18.2 Å². The molecule has 100 valence electrons. The van der Waals surface area contributed by atoms with E-state index in [-0.39, 0.29) is 24.0 Å². The lowest BCUT2D eigenvalue weighted by molar-refractivity contribution is -0.137. The highest BCUT2D eigenvalue weighted by Gasteiger charge is 2.20. The van der Waals surface area contributed by atoms with Gasteiger partial charge in [-0.15, -0.1) is 0 Å². The molecule has 4 heteroatoms. The molecule has 1 N–H and O–H groups in total. The van der Waals surface area contributed by atoms with E-state index in [4.69, 9.17) is 9.84 Å². The number of carboxylic acids is 1. The zero-order chi connectivity index (χ0) is 13.7. The minimum absolute atomic E-state index is 0.00505. The molecule has 0 fully saturated rings. The average Bonchev–Trinajstić information content (AvgIpc) is 2.28. The van der Waals surface area contributed by atoms with Crippen LogP contribution in [-0.4, -0.2) is 17.7 Å². The van der Waals surface area contributed by atoms with Crippen molar-refractivity contribution >= 4 is 5.97 Å². The van der Waals surface area contributed by atoms with Crippen molar-refractivity contribution in [2.45, 2.75) is 33.1 Å². The van der Waals surface area contributed by atoms with Crippen LogP contribution in [-0.2, 0) is 4.79 Å². The Bertz CT molecular complexity index is 416. The van der Waals surface area contributed by atoms with Gasteiger partial charge in [0.1, 0.15) is 0 Å². The van der Waals surface area contributed by atoms with Gasteiger partial charge < -0.3 is 9.84 Å². The standard InChI is InChI=1S/C14H19FO3/c1-4-18-13-6-5-10(7-12(13)15)11(9(2)3)8-14(16)17/h5-7,9,11H,4,8H2,1-3H3,(H,16,17). The Kier molecular flexibility index (Phi) is 5.13. The lowest BCUT2D eigenvalue weighted by atomic mass is 9.86. The first kappa shape index (κ1) is 14.5. The van der Waals surface area contributed by atoms with E-state index in [0.29, 0.717) is 12.2 Å². The maximum atomic E-state index is 13.7. The van der Waals surface area contributed by atoms with E-state index in [2.05, 4.69) is 0 Å². The number of hydrogen-bond donors (Lipinski definition) is 1. The van der Waals surface area contributed by atoms with E-state index < -0.39 is 11.8 Å². The molecule has 1 unspecified atom stereocenters. The van der Waals surface area contributed by atoms with Gasteiger partial charge in [-0.3, -0.25) is 4.79 Å². The highest BCUT2D eigenvalue weighted by molar-refractivity contribution is 5.68. The van der Waals surface area contributed by atoms with Crippen molar-refractivity contribution in [3.8, 4) is 5.75 Å². The fourth-order valence-corrected chi connectivity index (χ4v) is 1.95. The van der Waals surface area contributed by atoms with Crippen LogP contribution in [0.5, 0.6) is 5.75 Å². The lowest BCUT2D eigenvalue weighted by Gasteiger charge is -2.20. The monoisotopic (exact) mass is 254 g/mol. The first-order valence-electron chi connectivity index (χ1n) is 6.09. The molecule has 0 heterocycles. The van der Waals surface area contributed by atoms with Crippen molar-refractivity contribution in [3.05, 3.63) is 29.6 Å². The summed E-state index contributed by atoms with van der Waals surface area (Å²) >= 11 is 0. The molecule has 0 amide bonds. The molecule has 1 atom stereocenters. The number of carboxylic acid groups (broad SMARTS) is 1. The average molecular weight is 254 g/mol. The van der Waals surface area contributed by atoms with Crippen LogP contribution in [0.2, 0.25) is 0 Å². The SMILES string of the molecule is CCOc1ccc(C(CC(=O)O)C(C)C)cc1F. The molecule has 0 radical (unpaired) electrons. The summed E-state index contributed by atoms with van der Waals surface area (Å²) in [6.07, 6.45) is 0.00505. The number of hydrogen-bond acceptors (Lipinski definition) is 2. The van der Waals surface area contributed by atoms with E-state index in [0.717, 1.165) is 0 Å². The summed E-state index contributed by atoms with van der Waals surface area (Å²) in [6.45, 7) is 6.05. The van der Waals surface area contributed by atoms with Gasteiger partial charge in [0.2, 0.25) is 0 Å². The second kappa shape index (κ2) is 6.38. The van der Waals surface area contributed by atoms with E-state index >= 15 is 0 Å². The van der Waals surface area contributed by atoms with Gasteiger partial charge in [0.15, 0.2) is 11.6 Å². The van der Waals surface area contributed by atoms with E-state index in [9.17, 15) is 9.18 Å². The molecule has 3 nitrogen and oxygen atoms in total. The second-order valence-corrected chi connectivity index (χ2v) is 4.57. The molecule has 1 aromatic carbocycles. The van der Waals surface area contributed by atoms with E-state index in [1.807, 2.05) is 13.8 Å². The number of rotatable bonds is 6. The van der Waals surface area contributed by atoms with Crippen molar-refractivity contribution in [3.63, 3.8) is 0 Å². The Morgan fingerprint density at radius 1 is 1.44 bits per heavy atom. The molecule has 18 heavy (non-hydrogen) atoms. The Morgan fingerprint density at radius 3 is 2.56 bits per heavy atom. The first-order chi connectivity index (χ1) is 8.45. The number of carbonyl (C=O) groups is 1. The summed E-state index contributed by atoms with van der Waals surface area (Å²) in [5.74, 6) is -1.15. The predicted octanol–water partition coefficient (Wildman–Crippen LogP) is 3.44. The molecular weight excluding hydrogens is 235 g/mol. The first-order valence-corrected chi connectivity index (χ1v) is 6.09. The van der Waals surface area contributed by atoms with Crippen molar-refractivity contribution in [1.29, 1.82) is 0 Å². The molecule has 0 spiro atoms. The normalized spacial score (nSPS) is 12.5. The molecule has 1 rings (SSSR count). The predicted molar refractivity (Wildman–Crippen MR) is 67.4 cm³/mol. The zero-order valence-electron chi connectivity index (χ0n) is 10.9. The van der Waals surface area contributed by atoms with Crippen LogP contribution in [0.3, 0.4) is 0 Å². The minimum Gasteiger partial charge on any atom is -0.491 e. The number of ether oxygens (including phenoxy) is 1. The maximum absolute atomic E-state index is 13.7. The smallest absolute Gasteiger partial charge is 0.303 e. The van der Waals surface area contributed by atoms with Gasteiger partial charge in [-0.25, -0.2) is 4.39 Å². The Labute approximate surface area is 107 Å². The Morgan fingerprint density at radius 2 is 2.11 bits per heavy atom. The number of halogens is 1.